The van der Waals surface area contributed by atoms with Crippen molar-refractivity contribution in [3.63, 3.8) is 0 Å². The monoisotopic (exact) mass is 395 g/mol. The summed E-state index contributed by atoms with van der Waals surface area (Å²) >= 11 is 1.49. The number of benzene rings is 1. The normalized spacial score (nSPS) is 13.2. The molecule has 0 unspecified atom stereocenters. The Bertz CT molecular complexity index is 1090. The lowest BCUT2D eigenvalue weighted by molar-refractivity contribution is 0.00625. The van der Waals surface area contributed by atoms with Gasteiger partial charge in [0.15, 0.2) is 11.5 Å². The Morgan fingerprint density at radius 2 is 2.18 bits per heavy atom. The number of thioether (sulfide) groups is 1. The van der Waals surface area contributed by atoms with E-state index in [1.54, 1.807) is 44.4 Å². The summed E-state index contributed by atoms with van der Waals surface area (Å²) in [6.07, 6.45) is 1.73. The Morgan fingerprint density at radius 1 is 1.43 bits per heavy atom. The Labute approximate surface area is 167 Å². The average Bonchev–Trinajstić information content (AvgIpc) is 2.98. The van der Waals surface area contributed by atoms with E-state index in [0.29, 0.717) is 23.0 Å². The van der Waals surface area contributed by atoms with Gasteiger partial charge in [-0.2, -0.15) is 5.26 Å². The van der Waals surface area contributed by atoms with E-state index >= 15 is 0 Å². The van der Waals surface area contributed by atoms with Gasteiger partial charge in [-0.3, -0.25) is 4.57 Å². The minimum Gasteiger partial charge on any atom is -0.455 e. The molecule has 1 aromatic carbocycles. The van der Waals surface area contributed by atoms with Crippen LogP contribution in [0.1, 0.15) is 48.3 Å². The maximum Gasteiger partial charge on any atom is 0.359 e. The maximum atomic E-state index is 14.2. The minimum atomic E-state index is -0.668. The Morgan fingerprint density at radius 3 is 2.75 bits per heavy atom. The Balaban J connectivity index is 2.19. The second-order valence-electron chi connectivity index (χ2n) is 7.10. The Hall–Kier alpha value is -3.03. The topological polar surface area (TPSA) is 67.9 Å². The number of hydrogen-bond donors (Lipinski definition) is 0. The van der Waals surface area contributed by atoms with Crippen LogP contribution in [0, 0.1) is 35.9 Å². The molecular weight excluding hydrogens is 377 g/mol. The second-order valence-corrected chi connectivity index (χ2v) is 8.12. The molecule has 0 saturated carbocycles. The van der Waals surface area contributed by atoms with Crippen LogP contribution >= 0.6 is 11.8 Å². The summed E-state index contributed by atoms with van der Waals surface area (Å²) in [7, 11) is 0. The van der Waals surface area contributed by atoms with Crippen LogP contribution in [-0.2, 0) is 4.74 Å². The van der Waals surface area contributed by atoms with E-state index in [0.717, 1.165) is 4.91 Å². The molecule has 2 heterocycles. The first-order chi connectivity index (χ1) is 13.2. The van der Waals surface area contributed by atoms with Crippen LogP contribution in [0.4, 0.5) is 4.39 Å². The van der Waals surface area contributed by atoms with Crippen molar-refractivity contribution in [3.8, 4) is 23.6 Å². The van der Waals surface area contributed by atoms with E-state index in [1.165, 1.54) is 23.9 Å². The predicted octanol–water partition coefficient (Wildman–Crippen LogP) is 4.24. The third-order valence-corrected chi connectivity index (χ3v) is 4.76. The zero-order valence-electron chi connectivity index (χ0n) is 16.0. The number of allylic oxidation sites excluding steroid dienone is 1. The number of imidazole rings is 1. The largest absolute Gasteiger partial charge is 0.455 e. The van der Waals surface area contributed by atoms with Gasteiger partial charge >= 0.3 is 5.97 Å². The summed E-state index contributed by atoms with van der Waals surface area (Å²) in [5.74, 6) is 5.77. The number of carbonyl (C=O) groups is 1. The third kappa shape index (κ3) is 3.95. The highest BCUT2D eigenvalue weighted by atomic mass is 32.2. The maximum absolute atomic E-state index is 14.2. The van der Waals surface area contributed by atoms with Crippen molar-refractivity contribution in [2.75, 3.05) is 5.75 Å². The summed E-state index contributed by atoms with van der Waals surface area (Å²) in [4.78, 5) is 17.9. The fourth-order valence-corrected chi connectivity index (χ4v) is 3.40. The summed E-state index contributed by atoms with van der Waals surface area (Å²) in [6, 6.07) is 6.10. The number of aromatic nitrogens is 2. The summed E-state index contributed by atoms with van der Waals surface area (Å²) in [5, 5.41) is 8.98. The molecule has 1 aliphatic rings. The van der Waals surface area contributed by atoms with E-state index in [4.69, 9.17) is 10.00 Å². The van der Waals surface area contributed by atoms with Gasteiger partial charge < -0.3 is 4.74 Å². The highest BCUT2D eigenvalue weighted by Gasteiger charge is 2.27. The molecule has 0 spiro atoms. The second kappa shape index (κ2) is 7.53. The first-order valence-electron chi connectivity index (χ1n) is 8.55. The fraction of sp³-hybridized carbons (Fsp3) is 0.286. The van der Waals surface area contributed by atoms with Gasteiger partial charge in [-0.1, -0.05) is 11.8 Å². The quantitative estimate of drug-likeness (QED) is 0.574. The van der Waals surface area contributed by atoms with Gasteiger partial charge in [0, 0.05) is 6.08 Å². The molecule has 5 nitrogen and oxygen atoms in total. The molecule has 0 aliphatic carbocycles. The first-order valence-corrected chi connectivity index (χ1v) is 9.54. The molecule has 0 radical (unpaired) electrons. The minimum absolute atomic E-state index is 0.0486. The highest BCUT2D eigenvalue weighted by molar-refractivity contribution is 8.08. The van der Waals surface area contributed by atoms with Crippen LogP contribution in [0.15, 0.2) is 24.3 Å². The third-order valence-electron chi connectivity index (χ3n) is 3.86. The highest BCUT2D eigenvalue weighted by Crippen LogP contribution is 2.32. The lowest BCUT2D eigenvalue weighted by Crippen LogP contribution is -2.24. The van der Waals surface area contributed by atoms with Gasteiger partial charge in [0.25, 0.3) is 0 Å². The molecule has 1 aromatic heterocycles. The summed E-state index contributed by atoms with van der Waals surface area (Å²) in [6.45, 7) is 7.07. The van der Waals surface area contributed by atoms with E-state index < -0.39 is 17.4 Å². The lowest BCUT2D eigenvalue weighted by Gasteiger charge is -2.18. The van der Waals surface area contributed by atoms with Crippen molar-refractivity contribution in [1.29, 1.82) is 5.26 Å². The zero-order chi connectivity index (χ0) is 20.5. The molecule has 0 amide bonds. The van der Waals surface area contributed by atoms with Crippen molar-refractivity contribution >= 4 is 22.6 Å². The van der Waals surface area contributed by atoms with Gasteiger partial charge in [-0.05, 0) is 45.9 Å². The number of nitrogens with zero attached hydrogens (tertiary/aromatic N) is 3. The smallest absolute Gasteiger partial charge is 0.359 e. The van der Waals surface area contributed by atoms with Crippen molar-refractivity contribution in [1.82, 2.24) is 9.55 Å². The van der Waals surface area contributed by atoms with Crippen molar-refractivity contribution in [3.05, 3.63) is 52.9 Å². The molecule has 0 atom stereocenters. The van der Waals surface area contributed by atoms with E-state index in [1.807, 2.05) is 6.07 Å². The number of nitriles is 1. The molecule has 0 saturated heterocycles. The van der Waals surface area contributed by atoms with E-state index in [-0.39, 0.29) is 11.3 Å². The summed E-state index contributed by atoms with van der Waals surface area (Å²) in [5.41, 5.74) is 0.431. The van der Waals surface area contributed by atoms with Crippen molar-refractivity contribution < 1.29 is 13.9 Å². The fourth-order valence-electron chi connectivity index (χ4n) is 2.68. The average molecular weight is 395 g/mol. The number of esters is 1. The Kier molecular flexibility index (Phi) is 5.31. The molecule has 0 N–H and O–H groups in total. The van der Waals surface area contributed by atoms with E-state index in [2.05, 4.69) is 16.8 Å². The molecule has 28 heavy (non-hydrogen) atoms. The zero-order valence-corrected chi connectivity index (χ0v) is 16.8. The van der Waals surface area contributed by atoms with Crippen LogP contribution < -0.4 is 0 Å². The molecule has 2 aromatic rings. The van der Waals surface area contributed by atoms with E-state index in [9.17, 15) is 9.18 Å². The molecule has 0 fully saturated rings. The van der Waals surface area contributed by atoms with Gasteiger partial charge in [0.05, 0.1) is 27.6 Å². The van der Waals surface area contributed by atoms with Crippen LogP contribution in [0.5, 0.6) is 0 Å². The molecule has 3 rings (SSSR count). The molecule has 0 bridgehead atoms. The number of carbonyl (C=O) groups excluding carboxylic acids is 1. The SMILES string of the molecule is Cc1c(C(=O)OC(C)(C)C)nc(C2=CC#CCS2)n1-c1ccc(C#N)c(F)c1. The van der Waals surface area contributed by atoms with Crippen LogP contribution in [0.2, 0.25) is 0 Å². The van der Waals surface area contributed by atoms with Crippen molar-refractivity contribution in [2.45, 2.75) is 33.3 Å². The van der Waals surface area contributed by atoms with Crippen LogP contribution in [0.25, 0.3) is 10.6 Å². The predicted molar refractivity (Wildman–Crippen MR) is 106 cm³/mol. The molecule has 142 valence electrons. The summed E-state index contributed by atoms with van der Waals surface area (Å²) < 4.78 is 21.4. The van der Waals surface area contributed by atoms with Crippen LogP contribution in [-0.4, -0.2) is 26.9 Å². The number of hydrogen-bond acceptors (Lipinski definition) is 5. The molecular formula is C21H18FN3O2S. The number of ether oxygens (including phenoxy) is 1. The van der Waals surface area contributed by atoms with Crippen molar-refractivity contribution in [2.24, 2.45) is 0 Å². The standard InChI is InChI=1S/C21H18FN3O2S/c1-13-18(20(26)27-21(2,3)4)24-19(17-7-5-6-10-28-17)25(13)15-9-8-14(12-23)16(22)11-15/h7-9,11H,10H2,1-4H3. The lowest BCUT2D eigenvalue weighted by atomic mass is 10.2. The van der Waals surface area contributed by atoms with Crippen LogP contribution in [0.3, 0.4) is 0 Å². The van der Waals surface area contributed by atoms with Gasteiger partial charge in [0.2, 0.25) is 0 Å². The van der Waals surface area contributed by atoms with Gasteiger partial charge in [-0.15, -0.1) is 11.8 Å². The number of halogens is 1. The van der Waals surface area contributed by atoms with Gasteiger partial charge in [0.1, 0.15) is 17.5 Å². The van der Waals surface area contributed by atoms with Gasteiger partial charge in [-0.25, -0.2) is 14.2 Å². The molecule has 7 heteroatoms. The molecule has 1 aliphatic heterocycles. The number of rotatable bonds is 3. The first kappa shape index (κ1) is 19.7.